The Morgan fingerprint density at radius 3 is 2.31 bits per heavy atom. The molecule has 86 valence electrons. The van der Waals surface area contributed by atoms with Crippen LogP contribution in [0.15, 0.2) is 24.3 Å². The lowest BCUT2D eigenvalue weighted by atomic mass is 10.1. The van der Waals surface area contributed by atoms with Gasteiger partial charge >= 0.3 is 5.97 Å². The first-order valence-electron chi connectivity index (χ1n) is 4.54. The average Bonchev–Trinajstić information content (AvgIpc) is 2.27. The molecule has 0 heterocycles. The normalized spacial score (nSPS) is 11.9. The molecule has 0 saturated carbocycles. The predicted molar refractivity (Wildman–Crippen MR) is 65.2 cm³/mol. The van der Waals surface area contributed by atoms with E-state index in [1.54, 1.807) is 30.5 Å². The molecule has 0 bridgehead atoms. The fourth-order valence-corrected chi connectivity index (χ4v) is 1.57. The van der Waals surface area contributed by atoms with Gasteiger partial charge in [-0.25, -0.2) is 0 Å². The monoisotopic (exact) mass is 258 g/mol. The van der Waals surface area contributed by atoms with Crippen LogP contribution >= 0.6 is 23.4 Å². The van der Waals surface area contributed by atoms with Crippen LogP contribution in [0.25, 0.3) is 0 Å². The molecular formula is C11H11ClO3S. The summed E-state index contributed by atoms with van der Waals surface area (Å²) in [5, 5.41) is 0. The number of alkyl halides is 1. The maximum atomic E-state index is 11.6. The molecule has 0 aliphatic heterocycles. The lowest BCUT2D eigenvalue weighted by Crippen LogP contribution is -2.10. The zero-order valence-electron chi connectivity index (χ0n) is 8.90. The number of thioether (sulfide) groups is 1. The van der Waals surface area contributed by atoms with E-state index in [-0.39, 0.29) is 5.78 Å². The lowest BCUT2D eigenvalue weighted by Gasteiger charge is -2.06. The molecule has 0 saturated heterocycles. The van der Waals surface area contributed by atoms with E-state index in [4.69, 9.17) is 16.3 Å². The van der Waals surface area contributed by atoms with E-state index < -0.39 is 10.7 Å². The predicted octanol–water partition coefficient (Wildman–Crippen LogP) is 2.72. The first kappa shape index (κ1) is 13.1. The molecule has 0 fully saturated rings. The van der Waals surface area contributed by atoms with Crippen molar-refractivity contribution in [3.8, 4) is 5.75 Å². The second-order valence-electron chi connectivity index (χ2n) is 3.03. The van der Waals surface area contributed by atoms with E-state index in [2.05, 4.69) is 0 Å². The first-order valence-corrected chi connectivity index (χ1v) is 6.26. The summed E-state index contributed by atoms with van der Waals surface area (Å²) in [6.45, 7) is 1.32. The summed E-state index contributed by atoms with van der Waals surface area (Å²) < 4.78 is 4.26. The van der Waals surface area contributed by atoms with Crippen LogP contribution in [0.4, 0.5) is 0 Å². The maximum Gasteiger partial charge on any atom is 0.308 e. The molecule has 1 atom stereocenters. The Labute approximate surface area is 103 Å². The molecular weight excluding hydrogens is 248 g/mol. The summed E-state index contributed by atoms with van der Waals surface area (Å²) >= 11 is 7.08. The fourth-order valence-electron chi connectivity index (χ4n) is 1.09. The molecule has 5 heteroatoms. The van der Waals surface area contributed by atoms with Crippen LogP contribution in [0.2, 0.25) is 0 Å². The Bertz CT molecular complexity index is 389. The van der Waals surface area contributed by atoms with Crippen LogP contribution in [0.3, 0.4) is 0 Å². The third-order valence-electron chi connectivity index (χ3n) is 1.81. The highest BCUT2D eigenvalue weighted by Gasteiger charge is 2.15. The summed E-state index contributed by atoms with van der Waals surface area (Å²) in [6.07, 6.45) is 1.77. The van der Waals surface area contributed by atoms with E-state index >= 15 is 0 Å². The molecule has 16 heavy (non-hydrogen) atoms. The SMILES string of the molecule is CSC(Cl)C(=O)c1ccc(OC(C)=O)cc1. The number of Topliss-reactive ketones (excluding diaryl/α,β-unsaturated/α-hetero) is 1. The maximum absolute atomic E-state index is 11.6. The first-order chi connectivity index (χ1) is 7.54. The van der Waals surface area contributed by atoms with E-state index in [1.165, 1.54) is 18.7 Å². The Morgan fingerprint density at radius 2 is 1.88 bits per heavy atom. The van der Waals surface area contributed by atoms with E-state index in [0.717, 1.165) is 0 Å². The molecule has 0 aromatic heterocycles. The Balaban J connectivity index is 2.78. The van der Waals surface area contributed by atoms with Gasteiger partial charge in [-0.1, -0.05) is 0 Å². The van der Waals surface area contributed by atoms with Gasteiger partial charge < -0.3 is 4.74 Å². The van der Waals surface area contributed by atoms with Gasteiger partial charge in [-0.2, -0.15) is 0 Å². The minimum Gasteiger partial charge on any atom is -0.427 e. The molecule has 1 aromatic rings. The quantitative estimate of drug-likeness (QED) is 0.360. The number of ether oxygens (including phenoxy) is 1. The van der Waals surface area contributed by atoms with Crippen molar-refractivity contribution in [2.45, 2.75) is 11.6 Å². The fraction of sp³-hybridized carbons (Fsp3) is 0.273. The molecule has 1 aromatic carbocycles. The van der Waals surface area contributed by atoms with Crippen molar-refractivity contribution < 1.29 is 14.3 Å². The number of benzene rings is 1. The van der Waals surface area contributed by atoms with Gasteiger partial charge in [0.1, 0.15) is 10.5 Å². The van der Waals surface area contributed by atoms with Gasteiger partial charge in [0.25, 0.3) is 0 Å². The van der Waals surface area contributed by atoms with Gasteiger partial charge in [-0.05, 0) is 30.5 Å². The molecule has 0 radical (unpaired) electrons. The van der Waals surface area contributed by atoms with Gasteiger partial charge in [0.05, 0.1) is 0 Å². The van der Waals surface area contributed by atoms with Crippen molar-refractivity contribution in [3.63, 3.8) is 0 Å². The Hall–Kier alpha value is -1.00. The number of hydrogen-bond acceptors (Lipinski definition) is 4. The molecule has 0 spiro atoms. The lowest BCUT2D eigenvalue weighted by molar-refractivity contribution is -0.131. The highest BCUT2D eigenvalue weighted by molar-refractivity contribution is 8.01. The number of carbonyl (C=O) groups excluding carboxylic acids is 2. The zero-order chi connectivity index (χ0) is 12.1. The van der Waals surface area contributed by atoms with Crippen LogP contribution in [-0.4, -0.2) is 22.7 Å². The standard InChI is InChI=1S/C11H11ClO3S/c1-7(13)15-9-5-3-8(4-6-9)10(14)11(12)16-2/h3-6,11H,1-2H3. The van der Waals surface area contributed by atoms with Crippen LogP contribution < -0.4 is 4.74 Å². The van der Waals surface area contributed by atoms with Gasteiger partial charge in [-0.3, -0.25) is 9.59 Å². The van der Waals surface area contributed by atoms with Crippen molar-refractivity contribution >= 4 is 35.1 Å². The minimum atomic E-state index is -0.584. The third kappa shape index (κ3) is 3.54. The van der Waals surface area contributed by atoms with Gasteiger partial charge in [0, 0.05) is 12.5 Å². The molecule has 1 rings (SSSR count). The van der Waals surface area contributed by atoms with Gasteiger partial charge in [0.15, 0.2) is 5.78 Å². The minimum absolute atomic E-state index is 0.149. The summed E-state index contributed by atoms with van der Waals surface area (Å²) in [7, 11) is 0. The van der Waals surface area contributed by atoms with E-state index in [0.29, 0.717) is 11.3 Å². The molecule has 0 aliphatic rings. The van der Waals surface area contributed by atoms with Crippen molar-refractivity contribution in [2.75, 3.05) is 6.26 Å². The van der Waals surface area contributed by atoms with Crippen molar-refractivity contribution in [3.05, 3.63) is 29.8 Å². The second-order valence-corrected chi connectivity index (χ2v) is 4.67. The molecule has 0 aliphatic carbocycles. The van der Waals surface area contributed by atoms with Gasteiger partial charge in [0.2, 0.25) is 0 Å². The number of rotatable bonds is 4. The number of esters is 1. The molecule has 3 nitrogen and oxygen atoms in total. The number of halogens is 1. The third-order valence-corrected chi connectivity index (χ3v) is 3.17. The number of carbonyl (C=O) groups is 2. The van der Waals surface area contributed by atoms with E-state index in [1.807, 2.05) is 0 Å². The van der Waals surface area contributed by atoms with E-state index in [9.17, 15) is 9.59 Å². The van der Waals surface area contributed by atoms with Crippen molar-refractivity contribution in [2.24, 2.45) is 0 Å². The second kappa shape index (κ2) is 5.92. The molecule has 0 N–H and O–H groups in total. The van der Waals surface area contributed by atoms with Crippen LogP contribution in [-0.2, 0) is 4.79 Å². The Morgan fingerprint density at radius 1 is 1.31 bits per heavy atom. The zero-order valence-corrected chi connectivity index (χ0v) is 10.5. The highest BCUT2D eigenvalue weighted by Crippen LogP contribution is 2.19. The van der Waals surface area contributed by atoms with Crippen LogP contribution in [0.5, 0.6) is 5.75 Å². The number of ketones is 1. The molecule has 1 unspecified atom stereocenters. The average molecular weight is 259 g/mol. The van der Waals surface area contributed by atoms with Crippen LogP contribution in [0, 0.1) is 0 Å². The van der Waals surface area contributed by atoms with Crippen LogP contribution in [0.1, 0.15) is 17.3 Å². The number of hydrogen-bond donors (Lipinski definition) is 0. The summed E-state index contributed by atoms with van der Waals surface area (Å²) in [4.78, 5) is 22.3. The molecule has 0 amide bonds. The summed E-state index contributed by atoms with van der Waals surface area (Å²) in [5.74, 6) is -0.124. The van der Waals surface area contributed by atoms with Crippen molar-refractivity contribution in [1.82, 2.24) is 0 Å². The largest absolute Gasteiger partial charge is 0.427 e. The summed E-state index contributed by atoms with van der Waals surface area (Å²) in [5.41, 5.74) is 0.505. The summed E-state index contributed by atoms with van der Waals surface area (Å²) in [6, 6.07) is 6.32. The smallest absolute Gasteiger partial charge is 0.308 e. The highest BCUT2D eigenvalue weighted by atomic mass is 35.5. The topological polar surface area (TPSA) is 43.4 Å². The van der Waals surface area contributed by atoms with Crippen molar-refractivity contribution in [1.29, 1.82) is 0 Å². The van der Waals surface area contributed by atoms with Gasteiger partial charge in [-0.15, -0.1) is 23.4 Å². The Kier molecular flexibility index (Phi) is 4.83.